The monoisotopic (exact) mass is 201 g/mol. The van der Waals surface area contributed by atoms with Gasteiger partial charge in [0.1, 0.15) is 6.61 Å². The van der Waals surface area contributed by atoms with Crippen LogP contribution in [0.1, 0.15) is 25.0 Å². The third-order valence-electron chi connectivity index (χ3n) is 2.38. The zero-order valence-electron chi connectivity index (χ0n) is 9.16. The largest absolute Gasteiger partial charge is 0.475 e. The number of nitrogens with zero attached hydrogens (tertiary/aromatic N) is 1. The van der Waals surface area contributed by atoms with Crippen LogP contribution in [0, 0.1) is 0 Å². The highest BCUT2D eigenvalue weighted by Gasteiger charge is 2.27. The lowest BCUT2D eigenvalue weighted by atomic mass is 10.1. The van der Waals surface area contributed by atoms with Crippen LogP contribution in [0.2, 0.25) is 0 Å². The third-order valence-corrected chi connectivity index (χ3v) is 2.38. The van der Waals surface area contributed by atoms with Crippen molar-refractivity contribution < 1.29 is 4.74 Å². The van der Waals surface area contributed by atoms with Gasteiger partial charge in [-0.15, -0.1) is 0 Å². The zero-order valence-corrected chi connectivity index (χ0v) is 9.16. The van der Waals surface area contributed by atoms with E-state index < -0.39 is 0 Å². The van der Waals surface area contributed by atoms with Crippen molar-refractivity contribution in [2.75, 3.05) is 6.61 Å². The van der Waals surface area contributed by atoms with Gasteiger partial charge < -0.3 is 4.74 Å². The van der Waals surface area contributed by atoms with Gasteiger partial charge in [0.05, 0.1) is 5.54 Å². The van der Waals surface area contributed by atoms with Crippen molar-refractivity contribution in [1.82, 2.24) is 0 Å². The fourth-order valence-electron chi connectivity index (χ4n) is 1.59. The maximum absolute atomic E-state index is 5.60. The second kappa shape index (κ2) is 3.54. The van der Waals surface area contributed by atoms with E-state index in [1.807, 2.05) is 30.3 Å². The molecule has 0 saturated heterocycles. The van der Waals surface area contributed by atoms with Gasteiger partial charge in [0.2, 0.25) is 5.90 Å². The molecule has 0 unspecified atom stereocenters. The highest BCUT2D eigenvalue weighted by molar-refractivity contribution is 5.98. The van der Waals surface area contributed by atoms with Crippen LogP contribution in [-0.4, -0.2) is 18.0 Å². The summed E-state index contributed by atoms with van der Waals surface area (Å²) in [6, 6.07) is 8.00. The quantitative estimate of drug-likeness (QED) is 0.721. The number of aliphatic imine (C=N–C) groups is 1. The van der Waals surface area contributed by atoms with Crippen molar-refractivity contribution in [2.45, 2.75) is 19.4 Å². The van der Waals surface area contributed by atoms with Crippen LogP contribution in [0.25, 0.3) is 6.08 Å². The van der Waals surface area contributed by atoms with E-state index in [9.17, 15) is 0 Å². The van der Waals surface area contributed by atoms with Crippen LogP contribution < -0.4 is 0 Å². The summed E-state index contributed by atoms with van der Waals surface area (Å²) in [5.74, 6) is 0.732. The van der Waals surface area contributed by atoms with Gasteiger partial charge in [0.25, 0.3) is 0 Å². The second-order valence-electron chi connectivity index (χ2n) is 4.31. The van der Waals surface area contributed by atoms with Gasteiger partial charge in [-0.25, -0.2) is 4.99 Å². The SMILES string of the molecule is C=Cc1ccccc1C1=NC(C)(C)CO1. The van der Waals surface area contributed by atoms with E-state index in [1.54, 1.807) is 0 Å². The molecule has 2 rings (SSSR count). The molecule has 1 aromatic carbocycles. The van der Waals surface area contributed by atoms with Gasteiger partial charge in [-0.1, -0.05) is 30.9 Å². The molecule has 0 saturated carbocycles. The van der Waals surface area contributed by atoms with Crippen molar-refractivity contribution in [1.29, 1.82) is 0 Å². The van der Waals surface area contributed by atoms with Crippen LogP contribution in [0.4, 0.5) is 0 Å². The molecule has 0 radical (unpaired) electrons. The summed E-state index contributed by atoms with van der Waals surface area (Å²) in [4.78, 5) is 4.55. The van der Waals surface area contributed by atoms with Crippen LogP contribution >= 0.6 is 0 Å². The Labute approximate surface area is 90.3 Å². The van der Waals surface area contributed by atoms with E-state index in [2.05, 4.69) is 25.4 Å². The summed E-state index contributed by atoms with van der Waals surface area (Å²) in [5.41, 5.74) is 1.98. The molecule has 1 aliphatic rings. The average molecular weight is 201 g/mol. The Morgan fingerprint density at radius 3 is 2.73 bits per heavy atom. The Bertz CT molecular complexity index is 418. The molecular weight excluding hydrogens is 186 g/mol. The fraction of sp³-hybridized carbons (Fsp3) is 0.308. The van der Waals surface area contributed by atoms with Crippen molar-refractivity contribution in [3.8, 4) is 0 Å². The highest BCUT2D eigenvalue weighted by atomic mass is 16.5. The standard InChI is InChI=1S/C13H15NO/c1-4-10-7-5-6-8-11(10)12-14-13(2,3)9-15-12/h4-8H,1,9H2,2-3H3. The molecule has 2 nitrogen and oxygen atoms in total. The Balaban J connectivity index is 2.43. The summed E-state index contributed by atoms with van der Waals surface area (Å²) >= 11 is 0. The molecule has 1 heterocycles. The third kappa shape index (κ3) is 1.94. The molecule has 0 bridgehead atoms. The normalized spacial score (nSPS) is 18.1. The summed E-state index contributed by atoms with van der Waals surface area (Å²) in [5, 5.41) is 0. The Kier molecular flexibility index (Phi) is 2.35. The first-order chi connectivity index (χ1) is 7.12. The summed E-state index contributed by atoms with van der Waals surface area (Å²) in [6.07, 6.45) is 1.83. The Morgan fingerprint density at radius 1 is 1.40 bits per heavy atom. The fourth-order valence-corrected chi connectivity index (χ4v) is 1.59. The number of hydrogen-bond donors (Lipinski definition) is 0. The lowest BCUT2D eigenvalue weighted by Crippen LogP contribution is -2.17. The molecule has 0 amide bonds. The Hall–Kier alpha value is -1.57. The molecule has 2 heteroatoms. The molecule has 1 aliphatic heterocycles. The smallest absolute Gasteiger partial charge is 0.217 e. The van der Waals surface area contributed by atoms with Crippen molar-refractivity contribution in [3.05, 3.63) is 42.0 Å². The molecule has 0 aliphatic carbocycles. The molecular formula is C13H15NO. The van der Waals surface area contributed by atoms with Gasteiger partial charge in [0, 0.05) is 5.56 Å². The highest BCUT2D eigenvalue weighted by Crippen LogP contribution is 2.22. The minimum atomic E-state index is -0.108. The predicted octanol–water partition coefficient (Wildman–Crippen LogP) is 2.89. The number of ether oxygens (including phenoxy) is 1. The molecule has 78 valence electrons. The molecule has 0 aromatic heterocycles. The topological polar surface area (TPSA) is 21.6 Å². The molecule has 0 atom stereocenters. The summed E-state index contributed by atoms with van der Waals surface area (Å²) < 4.78 is 5.60. The van der Waals surface area contributed by atoms with Gasteiger partial charge in [-0.3, -0.25) is 0 Å². The lowest BCUT2D eigenvalue weighted by Gasteiger charge is -2.07. The van der Waals surface area contributed by atoms with Crippen molar-refractivity contribution >= 4 is 12.0 Å². The number of rotatable bonds is 2. The van der Waals surface area contributed by atoms with Crippen molar-refractivity contribution in [3.63, 3.8) is 0 Å². The maximum atomic E-state index is 5.60. The van der Waals surface area contributed by atoms with E-state index >= 15 is 0 Å². The van der Waals surface area contributed by atoms with Crippen LogP contribution in [0.15, 0.2) is 35.8 Å². The second-order valence-corrected chi connectivity index (χ2v) is 4.31. The summed E-state index contributed by atoms with van der Waals surface area (Å²) in [7, 11) is 0. The van der Waals surface area contributed by atoms with E-state index in [0.29, 0.717) is 6.61 Å². The first kappa shape index (κ1) is 9.97. The Morgan fingerprint density at radius 2 is 2.13 bits per heavy atom. The van der Waals surface area contributed by atoms with E-state index in [1.165, 1.54) is 0 Å². The maximum Gasteiger partial charge on any atom is 0.217 e. The van der Waals surface area contributed by atoms with Gasteiger partial charge >= 0.3 is 0 Å². The van der Waals surface area contributed by atoms with Gasteiger partial charge in [-0.2, -0.15) is 0 Å². The zero-order chi connectivity index (χ0) is 10.9. The van der Waals surface area contributed by atoms with E-state index in [0.717, 1.165) is 17.0 Å². The molecule has 0 fully saturated rings. The van der Waals surface area contributed by atoms with Crippen LogP contribution in [-0.2, 0) is 4.74 Å². The first-order valence-corrected chi connectivity index (χ1v) is 5.07. The summed E-state index contributed by atoms with van der Waals surface area (Å²) in [6.45, 7) is 8.57. The molecule has 0 N–H and O–H groups in total. The van der Waals surface area contributed by atoms with Crippen LogP contribution in [0.5, 0.6) is 0 Å². The number of hydrogen-bond acceptors (Lipinski definition) is 2. The first-order valence-electron chi connectivity index (χ1n) is 5.07. The van der Waals surface area contributed by atoms with E-state index in [-0.39, 0.29) is 5.54 Å². The molecule has 15 heavy (non-hydrogen) atoms. The van der Waals surface area contributed by atoms with Gasteiger partial charge in [-0.05, 0) is 25.5 Å². The van der Waals surface area contributed by atoms with Gasteiger partial charge in [0.15, 0.2) is 0 Å². The van der Waals surface area contributed by atoms with E-state index in [4.69, 9.17) is 4.74 Å². The predicted molar refractivity (Wildman–Crippen MR) is 63.1 cm³/mol. The van der Waals surface area contributed by atoms with Crippen LogP contribution in [0.3, 0.4) is 0 Å². The minimum Gasteiger partial charge on any atom is -0.475 e. The molecule has 1 aromatic rings. The van der Waals surface area contributed by atoms with Crippen molar-refractivity contribution in [2.24, 2.45) is 4.99 Å². The minimum absolute atomic E-state index is 0.108. The number of benzene rings is 1. The average Bonchev–Trinajstić information content (AvgIpc) is 2.59. The molecule has 0 spiro atoms. The lowest BCUT2D eigenvalue weighted by molar-refractivity contribution is 0.279.